The summed E-state index contributed by atoms with van der Waals surface area (Å²) in [7, 11) is 0. The van der Waals surface area contributed by atoms with Crippen LogP contribution < -0.4 is 5.32 Å². The summed E-state index contributed by atoms with van der Waals surface area (Å²) in [5, 5.41) is 13.8. The van der Waals surface area contributed by atoms with E-state index in [2.05, 4.69) is 11.4 Å². The first-order valence-electron chi connectivity index (χ1n) is 9.38. The van der Waals surface area contributed by atoms with Crippen molar-refractivity contribution in [2.75, 3.05) is 5.32 Å². The number of aliphatic hydroxyl groups is 1. The van der Waals surface area contributed by atoms with Gasteiger partial charge in [0.15, 0.2) is 5.78 Å². The standard InChI is InChI=1S/C23H27NO4/c1-13(2)7-6-8-14(3)19-22(27)20(15(4)21(26)23(19)28)24-18-11-9-17(10-12-18)16(5)25/h7,9-12,14,24,27H,6,8H2,1-5H3. The molecule has 0 aliphatic heterocycles. The van der Waals surface area contributed by atoms with Gasteiger partial charge >= 0.3 is 0 Å². The minimum absolute atomic E-state index is 0.0457. The number of allylic oxidation sites excluding steroid dienone is 4. The van der Waals surface area contributed by atoms with Crippen LogP contribution in [0.4, 0.5) is 5.69 Å². The third-order valence-electron chi connectivity index (χ3n) is 4.86. The monoisotopic (exact) mass is 381 g/mol. The lowest BCUT2D eigenvalue weighted by atomic mass is 9.83. The molecule has 0 bridgehead atoms. The normalized spacial score (nSPS) is 15.6. The highest BCUT2D eigenvalue weighted by molar-refractivity contribution is 6.50. The van der Waals surface area contributed by atoms with E-state index in [0.717, 1.165) is 6.42 Å². The van der Waals surface area contributed by atoms with Crippen LogP contribution in [0, 0.1) is 5.92 Å². The largest absolute Gasteiger partial charge is 0.505 e. The van der Waals surface area contributed by atoms with Gasteiger partial charge in [0.2, 0.25) is 11.6 Å². The minimum Gasteiger partial charge on any atom is -0.505 e. The Morgan fingerprint density at radius 2 is 1.71 bits per heavy atom. The van der Waals surface area contributed by atoms with Crippen LogP contribution in [-0.4, -0.2) is 22.5 Å². The fraction of sp³-hybridized carbons (Fsp3) is 0.348. The van der Waals surface area contributed by atoms with Gasteiger partial charge in [-0.1, -0.05) is 18.6 Å². The zero-order chi connectivity index (χ0) is 21.0. The highest BCUT2D eigenvalue weighted by Gasteiger charge is 2.35. The fourth-order valence-electron chi connectivity index (χ4n) is 3.14. The molecular weight excluding hydrogens is 354 g/mol. The van der Waals surface area contributed by atoms with Crippen molar-refractivity contribution < 1.29 is 19.5 Å². The number of hydrogen-bond acceptors (Lipinski definition) is 5. The maximum Gasteiger partial charge on any atom is 0.233 e. The molecule has 148 valence electrons. The summed E-state index contributed by atoms with van der Waals surface area (Å²) in [4.78, 5) is 36.4. The fourth-order valence-corrected chi connectivity index (χ4v) is 3.14. The number of ketones is 3. The van der Waals surface area contributed by atoms with Gasteiger partial charge in [-0.25, -0.2) is 0 Å². The predicted octanol–water partition coefficient (Wildman–Crippen LogP) is 4.92. The van der Waals surface area contributed by atoms with Crippen LogP contribution in [-0.2, 0) is 9.59 Å². The van der Waals surface area contributed by atoms with Crippen molar-refractivity contribution in [1.82, 2.24) is 0 Å². The molecule has 0 spiro atoms. The molecule has 1 aliphatic rings. The second-order valence-electron chi connectivity index (χ2n) is 7.44. The first kappa shape index (κ1) is 21.4. The third kappa shape index (κ3) is 4.66. The van der Waals surface area contributed by atoms with Crippen LogP contribution in [0.5, 0.6) is 0 Å². The van der Waals surface area contributed by atoms with Crippen LogP contribution >= 0.6 is 0 Å². The number of aliphatic hydroxyl groups excluding tert-OH is 1. The van der Waals surface area contributed by atoms with Crippen molar-refractivity contribution in [3.05, 3.63) is 64.1 Å². The lowest BCUT2D eigenvalue weighted by molar-refractivity contribution is -0.132. The summed E-state index contributed by atoms with van der Waals surface area (Å²) >= 11 is 0. The number of rotatable bonds is 7. The molecule has 1 unspecified atom stereocenters. The van der Waals surface area contributed by atoms with E-state index in [1.165, 1.54) is 19.4 Å². The zero-order valence-corrected chi connectivity index (χ0v) is 17.1. The van der Waals surface area contributed by atoms with Crippen LogP contribution in [0.25, 0.3) is 0 Å². The molecule has 2 rings (SSSR count). The molecule has 0 amide bonds. The van der Waals surface area contributed by atoms with Crippen molar-refractivity contribution in [2.45, 2.75) is 47.5 Å². The topological polar surface area (TPSA) is 83.5 Å². The first-order valence-corrected chi connectivity index (χ1v) is 9.38. The summed E-state index contributed by atoms with van der Waals surface area (Å²) in [5.74, 6) is -1.73. The third-order valence-corrected chi connectivity index (χ3v) is 4.86. The van der Waals surface area contributed by atoms with Gasteiger partial charge in [0.25, 0.3) is 0 Å². The van der Waals surface area contributed by atoms with Crippen LogP contribution in [0.2, 0.25) is 0 Å². The zero-order valence-electron chi connectivity index (χ0n) is 17.1. The minimum atomic E-state index is -0.642. The lowest BCUT2D eigenvalue weighted by Crippen LogP contribution is -2.30. The van der Waals surface area contributed by atoms with Gasteiger partial charge in [-0.15, -0.1) is 0 Å². The molecule has 1 aromatic carbocycles. The molecule has 5 heteroatoms. The van der Waals surface area contributed by atoms with Gasteiger partial charge in [0.1, 0.15) is 5.76 Å². The van der Waals surface area contributed by atoms with Gasteiger partial charge in [-0.2, -0.15) is 0 Å². The molecule has 2 N–H and O–H groups in total. The average molecular weight is 381 g/mol. The number of Topliss-reactive ketones (excluding diaryl/α,β-unsaturated/α-hetero) is 3. The van der Waals surface area contributed by atoms with Gasteiger partial charge in [0, 0.05) is 16.8 Å². The van der Waals surface area contributed by atoms with Crippen molar-refractivity contribution in [3.8, 4) is 0 Å². The second-order valence-corrected chi connectivity index (χ2v) is 7.44. The highest BCUT2D eigenvalue weighted by Crippen LogP contribution is 2.32. The Labute approximate surface area is 165 Å². The summed E-state index contributed by atoms with van der Waals surface area (Å²) in [6, 6.07) is 6.73. The van der Waals surface area contributed by atoms with Crippen LogP contribution in [0.1, 0.15) is 57.8 Å². The van der Waals surface area contributed by atoms with Crippen molar-refractivity contribution >= 4 is 23.0 Å². The van der Waals surface area contributed by atoms with Gasteiger partial charge in [0.05, 0.1) is 11.3 Å². The number of carbonyl (C=O) groups excluding carboxylic acids is 3. The van der Waals surface area contributed by atoms with Gasteiger partial charge < -0.3 is 10.4 Å². The van der Waals surface area contributed by atoms with E-state index in [1.807, 2.05) is 20.8 Å². The Morgan fingerprint density at radius 3 is 2.25 bits per heavy atom. The molecule has 1 atom stereocenters. The summed E-state index contributed by atoms with van der Waals surface area (Å²) in [6.07, 6.45) is 3.49. The molecule has 1 aromatic rings. The van der Waals surface area contributed by atoms with Gasteiger partial charge in [-0.3, -0.25) is 14.4 Å². The van der Waals surface area contributed by atoms with E-state index in [4.69, 9.17) is 0 Å². The van der Waals surface area contributed by atoms with E-state index < -0.39 is 11.6 Å². The Balaban J connectivity index is 2.34. The van der Waals surface area contributed by atoms with E-state index in [0.29, 0.717) is 17.7 Å². The number of carbonyl (C=O) groups is 3. The van der Waals surface area contributed by atoms with Crippen molar-refractivity contribution in [3.63, 3.8) is 0 Å². The Kier molecular flexibility index (Phi) is 6.73. The maximum atomic E-state index is 12.5. The molecule has 5 nitrogen and oxygen atoms in total. The van der Waals surface area contributed by atoms with Crippen LogP contribution in [0.15, 0.2) is 58.5 Å². The molecule has 1 aliphatic carbocycles. The van der Waals surface area contributed by atoms with Gasteiger partial charge in [-0.05, 0) is 70.7 Å². The van der Waals surface area contributed by atoms with E-state index >= 15 is 0 Å². The Morgan fingerprint density at radius 1 is 1.11 bits per heavy atom. The summed E-state index contributed by atoms with van der Waals surface area (Å²) < 4.78 is 0. The Bertz CT molecular complexity index is 897. The molecule has 0 aromatic heterocycles. The number of hydrogen-bond donors (Lipinski definition) is 2. The Hall–Kier alpha value is -2.95. The molecule has 0 saturated carbocycles. The van der Waals surface area contributed by atoms with E-state index in [-0.39, 0.29) is 34.3 Å². The lowest BCUT2D eigenvalue weighted by Gasteiger charge is -2.24. The SMILES string of the molecule is CC(=O)c1ccc(NC2=C(C)C(=O)C(=O)C(C(C)CCC=C(C)C)=C2O)cc1. The molecule has 0 saturated heterocycles. The second kappa shape index (κ2) is 8.83. The molecule has 0 radical (unpaired) electrons. The molecule has 0 heterocycles. The smallest absolute Gasteiger partial charge is 0.233 e. The highest BCUT2D eigenvalue weighted by atomic mass is 16.3. The summed E-state index contributed by atoms with van der Waals surface area (Å²) in [5.41, 5.74) is 2.94. The van der Waals surface area contributed by atoms with E-state index in [1.54, 1.807) is 24.3 Å². The molecule has 0 fully saturated rings. The quantitative estimate of drug-likeness (QED) is 0.303. The van der Waals surface area contributed by atoms with Crippen LogP contribution in [0.3, 0.4) is 0 Å². The van der Waals surface area contributed by atoms with E-state index in [9.17, 15) is 19.5 Å². The first-order chi connectivity index (χ1) is 13.1. The average Bonchev–Trinajstić information content (AvgIpc) is 2.63. The molecule has 28 heavy (non-hydrogen) atoms. The van der Waals surface area contributed by atoms with Crippen molar-refractivity contribution in [2.24, 2.45) is 5.92 Å². The number of anilines is 1. The van der Waals surface area contributed by atoms with Crippen molar-refractivity contribution in [1.29, 1.82) is 0 Å². The summed E-state index contributed by atoms with van der Waals surface area (Å²) in [6.45, 7) is 8.85. The molecular formula is C23H27NO4. The number of benzene rings is 1. The maximum absolute atomic E-state index is 12.5. The number of nitrogens with one attached hydrogen (secondary N) is 1. The predicted molar refractivity (Wildman–Crippen MR) is 110 cm³/mol.